The standard InChI is InChI=1S/C26H27N5OS/c1-20-10-9-11-21(2)25(20)31-26(27-28-29-31)33-19-24(32)30(18-23-14-7-4-8-15-23)17-16-22-12-5-3-6-13-22/h3-15H,16-19H2,1-2H3. The number of hydrogen-bond acceptors (Lipinski definition) is 5. The van der Waals surface area contributed by atoms with E-state index in [-0.39, 0.29) is 11.7 Å². The lowest BCUT2D eigenvalue weighted by Gasteiger charge is -2.23. The number of carbonyl (C=O) groups is 1. The van der Waals surface area contributed by atoms with Gasteiger partial charge in [-0.15, -0.1) is 5.10 Å². The van der Waals surface area contributed by atoms with Crippen LogP contribution in [-0.2, 0) is 17.8 Å². The number of benzene rings is 3. The van der Waals surface area contributed by atoms with E-state index in [1.165, 1.54) is 17.3 Å². The van der Waals surface area contributed by atoms with E-state index in [1.807, 2.05) is 73.3 Å². The molecule has 33 heavy (non-hydrogen) atoms. The highest BCUT2D eigenvalue weighted by molar-refractivity contribution is 7.99. The molecule has 0 saturated heterocycles. The Morgan fingerprint density at radius 3 is 2.18 bits per heavy atom. The summed E-state index contributed by atoms with van der Waals surface area (Å²) in [4.78, 5) is 15.2. The molecule has 6 nitrogen and oxygen atoms in total. The predicted octanol–water partition coefficient (Wildman–Crippen LogP) is 4.64. The van der Waals surface area contributed by atoms with Crippen molar-refractivity contribution >= 4 is 17.7 Å². The second kappa shape index (κ2) is 10.9. The van der Waals surface area contributed by atoms with Gasteiger partial charge in [0.2, 0.25) is 11.1 Å². The minimum Gasteiger partial charge on any atom is -0.337 e. The minimum absolute atomic E-state index is 0.0656. The summed E-state index contributed by atoms with van der Waals surface area (Å²) in [5, 5.41) is 12.8. The maximum atomic E-state index is 13.3. The van der Waals surface area contributed by atoms with Crippen molar-refractivity contribution in [3.63, 3.8) is 0 Å². The first-order valence-corrected chi connectivity index (χ1v) is 11.9. The largest absolute Gasteiger partial charge is 0.337 e. The van der Waals surface area contributed by atoms with Crippen molar-refractivity contribution in [1.29, 1.82) is 0 Å². The average molecular weight is 458 g/mol. The van der Waals surface area contributed by atoms with Gasteiger partial charge >= 0.3 is 0 Å². The Hall–Kier alpha value is -3.45. The maximum absolute atomic E-state index is 13.3. The van der Waals surface area contributed by atoms with Crippen LogP contribution in [0.4, 0.5) is 0 Å². The lowest BCUT2D eigenvalue weighted by atomic mass is 10.1. The molecule has 4 aromatic rings. The molecule has 0 aliphatic rings. The lowest BCUT2D eigenvalue weighted by molar-refractivity contribution is -0.128. The first-order chi connectivity index (χ1) is 16.1. The van der Waals surface area contributed by atoms with Crippen LogP contribution in [0, 0.1) is 13.8 Å². The molecule has 0 aliphatic carbocycles. The van der Waals surface area contributed by atoms with Gasteiger partial charge in [0.05, 0.1) is 11.4 Å². The highest BCUT2D eigenvalue weighted by Crippen LogP contribution is 2.24. The van der Waals surface area contributed by atoms with Gasteiger partial charge in [0, 0.05) is 13.1 Å². The van der Waals surface area contributed by atoms with Gasteiger partial charge in [0.25, 0.3) is 0 Å². The van der Waals surface area contributed by atoms with Crippen LogP contribution in [0.2, 0.25) is 0 Å². The minimum atomic E-state index is 0.0656. The summed E-state index contributed by atoms with van der Waals surface area (Å²) in [6.07, 6.45) is 0.810. The van der Waals surface area contributed by atoms with Gasteiger partial charge in [-0.25, -0.2) is 0 Å². The Morgan fingerprint density at radius 1 is 0.879 bits per heavy atom. The summed E-state index contributed by atoms with van der Waals surface area (Å²) < 4.78 is 1.73. The van der Waals surface area contributed by atoms with Gasteiger partial charge in [0.1, 0.15) is 0 Å². The predicted molar refractivity (Wildman–Crippen MR) is 131 cm³/mol. The molecule has 1 amide bonds. The molecule has 0 N–H and O–H groups in total. The SMILES string of the molecule is Cc1cccc(C)c1-n1nnnc1SCC(=O)N(CCc1ccccc1)Cc1ccccc1. The van der Waals surface area contributed by atoms with Crippen LogP contribution in [0.1, 0.15) is 22.3 Å². The molecule has 7 heteroatoms. The number of carbonyl (C=O) groups excluding carboxylic acids is 1. The van der Waals surface area contributed by atoms with Crippen molar-refractivity contribution in [3.05, 3.63) is 101 Å². The molecule has 0 fully saturated rings. The molecule has 0 atom stereocenters. The summed E-state index contributed by atoms with van der Waals surface area (Å²) in [7, 11) is 0. The molecule has 0 radical (unpaired) electrons. The Kier molecular flexibility index (Phi) is 7.52. The number of hydrogen-bond donors (Lipinski definition) is 0. The lowest BCUT2D eigenvalue weighted by Crippen LogP contribution is -2.34. The topological polar surface area (TPSA) is 63.9 Å². The molecular weight excluding hydrogens is 430 g/mol. The summed E-state index contributed by atoms with van der Waals surface area (Å²) in [6.45, 7) is 5.30. The second-order valence-electron chi connectivity index (χ2n) is 7.94. The van der Waals surface area contributed by atoms with Gasteiger partial charge in [-0.1, -0.05) is 90.6 Å². The Bertz CT molecular complexity index is 1170. The Morgan fingerprint density at radius 2 is 1.52 bits per heavy atom. The number of aryl methyl sites for hydroxylation is 2. The monoisotopic (exact) mass is 457 g/mol. The number of tetrazole rings is 1. The molecule has 0 saturated carbocycles. The number of amides is 1. The first kappa shape index (κ1) is 22.7. The molecule has 4 rings (SSSR count). The summed E-state index contributed by atoms with van der Waals surface area (Å²) >= 11 is 1.37. The maximum Gasteiger partial charge on any atom is 0.233 e. The number of nitrogens with zero attached hydrogens (tertiary/aromatic N) is 5. The van der Waals surface area contributed by atoms with E-state index in [0.29, 0.717) is 18.2 Å². The van der Waals surface area contributed by atoms with Crippen LogP contribution in [-0.4, -0.2) is 43.3 Å². The van der Waals surface area contributed by atoms with E-state index in [4.69, 9.17) is 0 Å². The molecule has 3 aromatic carbocycles. The first-order valence-electron chi connectivity index (χ1n) is 10.9. The highest BCUT2D eigenvalue weighted by Gasteiger charge is 2.18. The zero-order valence-electron chi connectivity index (χ0n) is 18.9. The zero-order valence-corrected chi connectivity index (χ0v) is 19.7. The third-order valence-corrected chi connectivity index (χ3v) is 6.40. The van der Waals surface area contributed by atoms with Crippen LogP contribution < -0.4 is 0 Å². The van der Waals surface area contributed by atoms with E-state index in [2.05, 4.69) is 39.8 Å². The molecule has 0 aliphatic heterocycles. The number of rotatable bonds is 9. The zero-order chi connectivity index (χ0) is 23.0. The molecule has 0 spiro atoms. The van der Waals surface area contributed by atoms with Crippen LogP contribution in [0.5, 0.6) is 0 Å². The van der Waals surface area contributed by atoms with Crippen molar-refractivity contribution < 1.29 is 4.79 Å². The Labute approximate surface area is 198 Å². The smallest absolute Gasteiger partial charge is 0.233 e. The number of aromatic nitrogens is 4. The van der Waals surface area contributed by atoms with Crippen molar-refractivity contribution in [2.45, 2.75) is 32.0 Å². The Balaban J connectivity index is 1.47. The molecule has 168 valence electrons. The van der Waals surface area contributed by atoms with E-state index in [0.717, 1.165) is 28.8 Å². The van der Waals surface area contributed by atoms with Crippen molar-refractivity contribution in [2.75, 3.05) is 12.3 Å². The summed E-state index contributed by atoms with van der Waals surface area (Å²) in [5.41, 5.74) is 5.47. The van der Waals surface area contributed by atoms with Crippen LogP contribution in [0.25, 0.3) is 5.69 Å². The van der Waals surface area contributed by atoms with Gasteiger partial charge in [-0.3, -0.25) is 4.79 Å². The molecule has 0 unspecified atom stereocenters. The normalized spacial score (nSPS) is 10.8. The summed E-state index contributed by atoms with van der Waals surface area (Å²) in [6, 6.07) is 26.4. The van der Waals surface area contributed by atoms with E-state index < -0.39 is 0 Å². The third-order valence-electron chi connectivity index (χ3n) is 5.50. The second-order valence-corrected chi connectivity index (χ2v) is 8.88. The van der Waals surface area contributed by atoms with Crippen LogP contribution >= 0.6 is 11.8 Å². The van der Waals surface area contributed by atoms with Crippen LogP contribution in [0.15, 0.2) is 84.0 Å². The van der Waals surface area contributed by atoms with Crippen molar-refractivity contribution in [1.82, 2.24) is 25.1 Å². The van der Waals surface area contributed by atoms with E-state index in [1.54, 1.807) is 4.68 Å². The quantitative estimate of drug-likeness (QED) is 0.343. The van der Waals surface area contributed by atoms with Crippen molar-refractivity contribution in [3.8, 4) is 5.69 Å². The van der Waals surface area contributed by atoms with Crippen molar-refractivity contribution in [2.24, 2.45) is 0 Å². The van der Waals surface area contributed by atoms with Gasteiger partial charge in [-0.05, 0) is 52.9 Å². The third kappa shape index (κ3) is 5.87. The molecule has 1 heterocycles. The molecule has 1 aromatic heterocycles. The highest BCUT2D eigenvalue weighted by atomic mass is 32.2. The fraction of sp³-hybridized carbons (Fsp3) is 0.231. The van der Waals surface area contributed by atoms with E-state index in [9.17, 15) is 4.79 Å². The average Bonchev–Trinajstić information content (AvgIpc) is 3.29. The number of thioether (sulfide) groups is 1. The number of para-hydroxylation sites is 1. The summed E-state index contributed by atoms with van der Waals surface area (Å²) in [5.74, 6) is 0.336. The fourth-order valence-electron chi connectivity index (χ4n) is 3.77. The van der Waals surface area contributed by atoms with Crippen LogP contribution in [0.3, 0.4) is 0 Å². The van der Waals surface area contributed by atoms with Gasteiger partial charge in [-0.2, -0.15) is 4.68 Å². The fourth-order valence-corrected chi connectivity index (χ4v) is 4.55. The van der Waals surface area contributed by atoms with Gasteiger partial charge in [0.15, 0.2) is 0 Å². The van der Waals surface area contributed by atoms with E-state index >= 15 is 0 Å². The molecule has 0 bridgehead atoms. The molecular formula is C26H27N5OS. The van der Waals surface area contributed by atoms with Gasteiger partial charge < -0.3 is 4.90 Å².